The number of pyridine rings is 1. The number of rotatable bonds is 1. The molecule has 0 amide bonds. The molecule has 9 heteroatoms. The van der Waals surface area contributed by atoms with Gasteiger partial charge in [0.05, 0.1) is 16.0 Å². The number of non-ortho nitro benzene ring substituents is 1. The Bertz CT molecular complexity index is 1060. The van der Waals surface area contributed by atoms with Crippen molar-refractivity contribution in [3.63, 3.8) is 0 Å². The van der Waals surface area contributed by atoms with Gasteiger partial charge in [-0.25, -0.2) is 0 Å². The van der Waals surface area contributed by atoms with Crippen LogP contribution in [0.4, 0.5) is 17.2 Å². The minimum Gasteiger partial charge on any atom is -0.437 e. The van der Waals surface area contributed by atoms with Gasteiger partial charge < -0.3 is 15.9 Å². The highest BCUT2D eigenvalue weighted by molar-refractivity contribution is 5.98. The molecule has 22 heavy (non-hydrogen) atoms. The summed E-state index contributed by atoms with van der Waals surface area (Å²) >= 11 is 0. The van der Waals surface area contributed by atoms with Crippen molar-refractivity contribution in [2.24, 2.45) is 0 Å². The van der Waals surface area contributed by atoms with Crippen molar-refractivity contribution in [3.8, 4) is 6.07 Å². The molecular formula is C13H7N5O4. The van der Waals surface area contributed by atoms with E-state index < -0.39 is 10.4 Å². The SMILES string of the molecule is N#Cc1c(N)nc2oc3ccc([N+](=O)[O-])cc3c(=O)c2c1N. The first-order valence-electron chi connectivity index (χ1n) is 5.94. The molecule has 0 radical (unpaired) electrons. The highest BCUT2D eigenvalue weighted by Gasteiger charge is 2.19. The van der Waals surface area contributed by atoms with Gasteiger partial charge in [0.1, 0.15) is 28.4 Å². The minimum absolute atomic E-state index is 0.0242. The van der Waals surface area contributed by atoms with Crippen molar-refractivity contribution in [3.05, 3.63) is 44.1 Å². The fraction of sp³-hybridized carbons (Fsp3) is 0. The van der Waals surface area contributed by atoms with E-state index in [0.717, 1.165) is 6.07 Å². The maximum atomic E-state index is 12.5. The minimum atomic E-state index is -0.631. The van der Waals surface area contributed by atoms with E-state index in [9.17, 15) is 14.9 Å². The summed E-state index contributed by atoms with van der Waals surface area (Å²) in [6, 6.07) is 5.34. The Morgan fingerprint density at radius 2 is 2.09 bits per heavy atom. The second-order valence-corrected chi connectivity index (χ2v) is 4.45. The third-order valence-electron chi connectivity index (χ3n) is 3.19. The molecule has 9 nitrogen and oxygen atoms in total. The average Bonchev–Trinajstić information content (AvgIpc) is 2.46. The molecule has 3 rings (SSSR count). The molecule has 108 valence electrons. The second kappa shape index (κ2) is 4.42. The largest absolute Gasteiger partial charge is 0.437 e. The Morgan fingerprint density at radius 3 is 2.73 bits per heavy atom. The predicted octanol–water partition coefficient (Wildman–Crippen LogP) is 1.29. The number of nitriles is 1. The monoisotopic (exact) mass is 297 g/mol. The number of hydrogen-bond donors (Lipinski definition) is 2. The van der Waals surface area contributed by atoms with Gasteiger partial charge in [0.2, 0.25) is 11.1 Å². The molecular weight excluding hydrogens is 290 g/mol. The number of aromatic nitrogens is 1. The fourth-order valence-electron chi connectivity index (χ4n) is 2.15. The molecule has 0 saturated carbocycles. The fourth-order valence-corrected chi connectivity index (χ4v) is 2.15. The summed E-state index contributed by atoms with van der Waals surface area (Å²) in [6.45, 7) is 0. The molecule has 2 heterocycles. The molecule has 0 unspecified atom stereocenters. The zero-order valence-corrected chi connectivity index (χ0v) is 10.9. The van der Waals surface area contributed by atoms with Gasteiger partial charge in [0.25, 0.3) is 5.69 Å². The lowest BCUT2D eigenvalue weighted by Gasteiger charge is -2.06. The maximum absolute atomic E-state index is 12.5. The molecule has 2 aromatic heterocycles. The molecule has 0 atom stereocenters. The third kappa shape index (κ3) is 1.71. The third-order valence-corrected chi connectivity index (χ3v) is 3.19. The van der Waals surface area contributed by atoms with E-state index in [-0.39, 0.29) is 44.8 Å². The summed E-state index contributed by atoms with van der Waals surface area (Å²) in [4.78, 5) is 26.5. The molecule has 0 aliphatic carbocycles. The lowest BCUT2D eigenvalue weighted by molar-refractivity contribution is -0.384. The van der Waals surface area contributed by atoms with E-state index in [1.165, 1.54) is 12.1 Å². The van der Waals surface area contributed by atoms with Crippen LogP contribution in [-0.4, -0.2) is 9.91 Å². The number of nitro groups is 1. The van der Waals surface area contributed by atoms with E-state index in [4.69, 9.17) is 21.1 Å². The van der Waals surface area contributed by atoms with Crippen LogP contribution in [0.2, 0.25) is 0 Å². The van der Waals surface area contributed by atoms with Gasteiger partial charge in [-0.3, -0.25) is 14.9 Å². The summed E-state index contributed by atoms with van der Waals surface area (Å²) in [5.74, 6) is -0.156. The van der Waals surface area contributed by atoms with Gasteiger partial charge in [-0.15, -0.1) is 0 Å². The van der Waals surface area contributed by atoms with Crippen LogP contribution in [-0.2, 0) is 0 Å². The zero-order chi connectivity index (χ0) is 16.0. The highest BCUT2D eigenvalue weighted by Crippen LogP contribution is 2.28. The number of fused-ring (bicyclic) bond motifs is 2. The quantitative estimate of drug-likeness (QED) is 0.385. The van der Waals surface area contributed by atoms with E-state index in [1.54, 1.807) is 6.07 Å². The zero-order valence-electron chi connectivity index (χ0n) is 10.9. The molecule has 0 aliphatic rings. The molecule has 0 spiro atoms. The van der Waals surface area contributed by atoms with Crippen molar-refractivity contribution in [1.82, 2.24) is 4.98 Å². The van der Waals surface area contributed by atoms with Gasteiger partial charge in [0.15, 0.2) is 0 Å². The summed E-state index contributed by atoms with van der Waals surface area (Å²) in [5, 5.41) is 19.7. The lowest BCUT2D eigenvalue weighted by atomic mass is 10.1. The Morgan fingerprint density at radius 1 is 1.36 bits per heavy atom. The number of nitrogens with two attached hydrogens (primary N) is 2. The van der Waals surface area contributed by atoms with Crippen LogP contribution in [0.25, 0.3) is 22.1 Å². The van der Waals surface area contributed by atoms with Crippen molar-refractivity contribution in [2.75, 3.05) is 11.5 Å². The van der Waals surface area contributed by atoms with Gasteiger partial charge in [-0.1, -0.05) is 0 Å². The van der Waals surface area contributed by atoms with Crippen molar-refractivity contribution >= 4 is 39.3 Å². The number of hydrogen-bond acceptors (Lipinski definition) is 8. The number of benzene rings is 1. The molecule has 4 N–H and O–H groups in total. The molecule has 0 aliphatic heterocycles. The summed E-state index contributed by atoms with van der Waals surface area (Å²) < 4.78 is 5.42. The first kappa shape index (κ1) is 13.3. The van der Waals surface area contributed by atoms with Crippen LogP contribution in [0, 0.1) is 21.4 Å². The molecule has 0 bridgehead atoms. The van der Waals surface area contributed by atoms with Crippen molar-refractivity contribution in [2.45, 2.75) is 0 Å². The van der Waals surface area contributed by atoms with Crippen LogP contribution in [0.1, 0.15) is 5.56 Å². The van der Waals surface area contributed by atoms with Crippen LogP contribution < -0.4 is 16.9 Å². The van der Waals surface area contributed by atoms with E-state index in [0.29, 0.717) is 0 Å². The number of anilines is 2. The molecule has 0 fully saturated rings. The molecule has 3 aromatic rings. The summed E-state index contributed by atoms with van der Waals surface area (Å²) in [6.07, 6.45) is 0. The Balaban J connectivity index is 2.55. The van der Waals surface area contributed by atoms with Gasteiger partial charge in [-0.05, 0) is 6.07 Å². The van der Waals surface area contributed by atoms with Crippen LogP contribution in [0.3, 0.4) is 0 Å². The van der Waals surface area contributed by atoms with E-state index in [1.807, 2.05) is 0 Å². The maximum Gasteiger partial charge on any atom is 0.270 e. The topological polar surface area (TPSA) is 162 Å². The normalized spacial score (nSPS) is 10.7. The van der Waals surface area contributed by atoms with Crippen molar-refractivity contribution < 1.29 is 9.34 Å². The number of nitrogens with zero attached hydrogens (tertiary/aromatic N) is 3. The summed E-state index contributed by atoms with van der Waals surface area (Å²) in [5.41, 5.74) is 10.2. The van der Waals surface area contributed by atoms with Crippen LogP contribution in [0.5, 0.6) is 0 Å². The Kier molecular flexibility index (Phi) is 2.68. The van der Waals surface area contributed by atoms with Gasteiger partial charge in [0, 0.05) is 12.1 Å². The molecule has 0 saturated heterocycles. The summed E-state index contributed by atoms with van der Waals surface area (Å²) in [7, 11) is 0. The Labute approximate surface area is 121 Å². The average molecular weight is 297 g/mol. The van der Waals surface area contributed by atoms with Gasteiger partial charge >= 0.3 is 0 Å². The first-order chi connectivity index (χ1) is 10.4. The standard InChI is InChI=1S/C13H7N5O4/c14-4-7-10(15)9-11(19)6-3-5(18(20)21)1-2-8(6)22-13(9)17-12(7)16/h1-3H,(H4,15,16,17). The first-order valence-corrected chi connectivity index (χ1v) is 5.94. The highest BCUT2D eigenvalue weighted by atomic mass is 16.6. The Hall–Kier alpha value is -3.67. The van der Waals surface area contributed by atoms with Gasteiger partial charge in [-0.2, -0.15) is 10.2 Å². The lowest BCUT2D eigenvalue weighted by Crippen LogP contribution is -2.10. The van der Waals surface area contributed by atoms with Crippen LogP contribution >= 0.6 is 0 Å². The smallest absolute Gasteiger partial charge is 0.270 e. The predicted molar refractivity (Wildman–Crippen MR) is 78.0 cm³/mol. The van der Waals surface area contributed by atoms with Crippen LogP contribution in [0.15, 0.2) is 27.4 Å². The number of nitrogen functional groups attached to an aromatic ring is 2. The second-order valence-electron chi connectivity index (χ2n) is 4.45. The van der Waals surface area contributed by atoms with E-state index >= 15 is 0 Å². The van der Waals surface area contributed by atoms with E-state index in [2.05, 4.69) is 4.98 Å². The number of nitro benzene ring substituents is 1. The van der Waals surface area contributed by atoms with Crippen molar-refractivity contribution in [1.29, 1.82) is 5.26 Å². The molecule has 1 aromatic carbocycles.